The van der Waals surface area contributed by atoms with E-state index < -0.39 is 5.97 Å². The Balaban J connectivity index is 2.61. The van der Waals surface area contributed by atoms with Crippen LogP contribution in [0.4, 0.5) is 0 Å². The Kier molecular flexibility index (Phi) is 3.89. The first-order chi connectivity index (χ1) is 6.22. The van der Waals surface area contributed by atoms with Gasteiger partial charge in [-0.05, 0) is 12.1 Å². The van der Waals surface area contributed by atoms with E-state index in [9.17, 15) is 4.79 Å². The minimum absolute atomic E-state index is 0.138. The Labute approximate surface area is 84.9 Å². The van der Waals surface area contributed by atoms with E-state index in [1.165, 1.54) is 0 Å². The van der Waals surface area contributed by atoms with Crippen LogP contribution in [-0.4, -0.2) is 16.1 Å². The van der Waals surface area contributed by atoms with Crippen LogP contribution in [0.25, 0.3) is 0 Å². The number of carbonyl (C=O) groups is 1. The summed E-state index contributed by atoms with van der Waals surface area (Å²) in [5.74, 6) is -0.786. The van der Waals surface area contributed by atoms with Gasteiger partial charge in [0.05, 0.1) is 12.1 Å². The quantitative estimate of drug-likeness (QED) is 0.824. The van der Waals surface area contributed by atoms with E-state index in [4.69, 9.17) is 5.11 Å². The van der Waals surface area contributed by atoms with Gasteiger partial charge in [-0.2, -0.15) is 0 Å². The predicted molar refractivity (Wildman–Crippen MR) is 52.8 cm³/mol. The molecular weight excluding hydrogens is 234 g/mol. The lowest BCUT2D eigenvalue weighted by molar-refractivity contribution is -0.136. The zero-order valence-electron chi connectivity index (χ0n) is 7.03. The van der Waals surface area contributed by atoms with E-state index in [1.807, 2.05) is 18.2 Å². The molecule has 1 N–H and O–H groups in total. The number of carboxylic acids is 1. The zero-order chi connectivity index (χ0) is 9.68. The number of rotatable bonds is 4. The fourth-order valence-corrected chi connectivity index (χ4v) is 1.29. The highest BCUT2D eigenvalue weighted by Crippen LogP contribution is 2.05. The van der Waals surface area contributed by atoms with Crippen molar-refractivity contribution in [3.8, 4) is 0 Å². The average molecular weight is 244 g/mol. The van der Waals surface area contributed by atoms with Gasteiger partial charge < -0.3 is 5.11 Å². The van der Waals surface area contributed by atoms with Crippen molar-refractivity contribution in [3.63, 3.8) is 0 Å². The standard InChI is InChI=1S/C9H10BrNO2/c10-6-8-3-1-2-7(11-8)4-5-9(12)13/h1-3H,4-6H2,(H,12,13). The highest BCUT2D eigenvalue weighted by atomic mass is 79.9. The number of aryl methyl sites for hydroxylation is 1. The molecule has 1 aromatic rings. The lowest BCUT2D eigenvalue weighted by Crippen LogP contribution is -2.00. The molecule has 13 heavy (non-hydrogen) atoms. The number of halogens is 1. The Morgan fingerprint density at radius 2 is 2.15 bits per heavy atom. The van der Waals surface area contributed by atoms with Crippen molar-refractivity contribution < 1.29 is 9.90 Å². The predicted octanol–water partition coefficient (Wildman–Crippen LogP) is 1.99. The van der Waals surface area contributed by atoms with Gasteiger partial charge in [-0.3, -0.25) is 9.78 Å². The average Bonchev–Trinajstić information content (AvgIpc) is 2.15. The normalized spacial score (nSPS) is 9.92. The maximum atomic E-state index is 10.3. The molecular formula is C9H10BrNO2. The number of pyridine rings is 1. The first kappa shape index (κ1) is 10.2. The Bertz CT molecular complexity index is 301. The monoisotopic (exact) mass is 243 g/mol. The first-order valence-corrected chi connectivity index (χ1v) is 5.07. The highest BCUT2D eigenvalue weighted by molar-refractivity contribution is 9.08. The summed E-state index contributed by atoms with van der Waals surface area (Å²) < 4.78 is 0. The van der Waals surface area contributed by atoms with Crippen LogP contribution >= 0.6 is 15.9 Å². The maximum Gasteiger partial charge on any atom is 0.303 e. The number of hydrogen-bond donors (Lipinski definition) is 1. The van der Waals surface area contributed by atoms with Crippen LogP contribution in [0.15, 0.2) is 18.2 Å². The zero-order valence-corrected chi connectivity index (χ0v) is 8.62. The van der Waals surface area contributed by atoms with Crippen molar-refractivity contribution in [2.75, 3.05) is 0 Å². The van der Waals surface area contributed by atoms with Crippen molar-refractivity contribution in [2.24, 2.45) is 0 Å². The molecule has 0 saturated heterocycles. The third-order valence-electron chi connectivity index (χ3n) is 1.60. The molecule has 3 nitrogen and oxygen atoms in total. The second-order valence-electron chi connectivity index (χ2n) is 2.65. The minimum Gasteiger partial charge on any atom is -0.481 e. The van der Waals surface area contributed by atoms with Crippen LogP contribution in [-0.2, 0) is 16.5 Å². The summed E-state index contributed by atoms with van der Waals surface area (Å²) in [6.45, 7) is 0. The van der Waals surface area contributed by atoms with Crippen LogP contribution in [0.2, 0.25) is 0 Å². The number of nitrogens with zero attached hydrogens (tertiary/aromatic N) is 1. The van der Waals surface area contributed by atoms with E-state index in [1.54, 1.807) is 0 Å². The van der Waals surface area contributed by atoms with Gasteiger partial charge >= 0.3 is 5.97 Å². The summed E-state index contributed by atoms with van der Waals surface area (Å²) in [5, 5.41) is 9.17. The molecule has 0 aliphatic rings. The smallest absolute Gasteiger partial charge is 0.303 e. The Morgan fingerprint density at radius 1 is 1.46 bits per heavy atom. The van der Waals surface area contributed by atoms with E-state index in [-0.39, 0.29) is 6.42 Å². The van der Waals surface area contributed by atoms with Gasteiger partial charge in [0.25, 0.3) is 0 Å². The molecule has 0 spiro atoms. The second kappa shape index (κ2) is 4.97. The van der Waals surface area contributed by atoms with E-state index in [0.717, 1.165) is 11.4 Å². The number of carboxylic acid groups (broad SMARTS) is 1. The van der Waals surface area contributed by atoms with Gasteiger partial charge in [0, 0.05) is 17.4 Å². The van der Waals surface area contributed by atoms with E-state index in [2.05, 4.69) is 20.9 Å². The lowest BCUT2D eigenvalue weighted by Gasteiger charge is -1.99. The highest BCUT2D eigenvalue weighted by Gasteiger charge is 2.00. The second-order valence-corrected chi connectivity index (χ2v) is 3.21. The molecule has 0 saturated carbocycles. The van der Waals surface area contributed by atoms with Crippen LogP contribution in [0.1, 0.15) is 17.8 Å². The summed E-state index contributed by atoms with van der Waals surface area (Å²) in [5.41, 5.74) is 1.77. The van der Waals surface area contributed by atoms with Gasteiger partial charge in [0.15, 0.2) is 0 Å². The van der Waals surface area contributed by atoms with E-state index >= 15 is 0 Å². The lowest BCUT2D eigenvalue weighted by atomic mass is 10.2. The van der Waals surface area contributed by atoms with Crippen LogP contribution < -0.4 is 0 Å². The molecule has 0 unspecified atom stereocenters. The fraction of sp³-hybridized carbons (Fsp3) is 0.333. The van der Waals surface area contributed by atoms with E-state index in [0.29, 0.717) is 11.8 Å². The van der Waals surface area contributed by atoms with Crippen molar-refractivity contribution in [3.05, 3.63) is 29.6 Å². The molecule has 0 aliphatic heterocycles. The van der Waals surface area contributed by atoms with Crippen molar-refractivity contribution in [1.29, 1.82) is 0 Å². The van der Waals surface area contributed by atoms with Crippen LogP contribution in [0.5, 0.6) is 0 Å². The third kappa shape index (κ3) is 3.55. The molecule has 1 heterocycles. The van der Waals surface area contributed by atoms with Gasteiger partial charge in [-0.1, -0.05) is 22.0 Å². The summed E-state index contributed by atoms with van der Waals surface area (Å²) in [4.78, 5) is 14.5. The fourth-order valence-electron chi connectivity index (χ4n) is 0.978. The molecule has 0 aromatic carbocycles. The van der Waals surface area contributed by atoms with Gasteiger partial charge in [0.2, 0.25) is 0 Å². The molecule has 0 amide bonds. The summed E-state index contributed by atoms with van der Waals surface area (Å²) in [7, 11) is 0. The first-order valence-electron chi connectivity index (χ1n) is 3.95. The third-order valence-corrected chi connectivity index (χ3v) is 2.17. The molecule has 70 valence electrons. The molecule has 0 atom stereocenters. The molecule has 4 heteroatoms. The molecule has 0 aliphatic carbocycles. The van der Waals surface area contributed by atoms with Crippen LogP contribution in [0, 0.1) is 0 Å². The number of hydrogen-bond acceptors (Lipinski definition) is 2. The summed E-state index contributed by atoms with van der Waals surface area (Å²) in [6, 6.07) is 5.63. The number of aliphatic carboxylic acids is 1. The largest absolute Gasteiger partial charge is 0.481 e. The SMILES string of the molecule is O=C(O)CCc1cccc(CBr)n1. The minimum atomic E-state index is -0.786. The van der Waals surface area contributed by atoms with Crippen molar-refractivity contribution in [2.45, 2.75) is 18.2 Å². The summed E-state index contributed by atoms with van der Waals surface area (Å²) >= 11 is 3.29. The molecule has 1 rings (SSSR count). The summed E-state index contributed by atoms with van der Waals surface area (Å²) in [6.07, 6.45) is 0.634. The van der Waals surface area contributed by atoms with Crippen molar-refractivity contribution in [1.82, 2.24) is 4.98 Å². The molecule has 0 bridgehead atoms. The molecule has 0 fully saturated rings. The Hall–Kier alpha value is -0.900. The van der Waals surface area contributed by atoms with Crippen LogP contribution in [0.3, 0.4) is 0 Å². The Morgan fingerprint density at radius 3 is 2.77 bits per heavy atom. The molecule has 1 aromatic heterocycles. The topological polar surface area (TPSA) is 50.2 Å². The molecule has 0 radical (unpaired) electrons. The van der Waals surface area contributed by atoms with Gasteiger partial charge in [0.1, 0.15) is 0 Å². The van der Waals surface area contributed by atoms with Gasteiger partial charge in [-0.15, -0.1) is 0 Å². The van der Waals surface area contributed by atoms with Crippen molar-refractivity contribution >= 4 is 21.9 Å². The number of alkyl halides is 1. The maximum absolute atomic E-state index is 10.3. The number of aromatic nitrogens is 1. The van der Waals surface area contributed by atoms with Gasteiger partial charge in [-0.25, -0.2) is 0 Å².